The number of aryl methyl sites for hydroxylation is 1. The van der Waals surface area contributed by atoms with Crippen molar-refractivity contribution >= 4 is 17.3 Å². The van der Waals surface area contributed by atoms with Gasteiger partial charge in [0.2, 0.25) is 5.91 Å². The van der Waals surface area contributed by atoms with Gasteiger partial charge in [-0.25, -0.2) is 0 Å². The Morgan fingerprint density at radius 1 is 1.14 bits per heavy atom. The number of carbonyl (C=O) groups excluding carboxylic acids is 1. The van der Waals surface area contributed by atoms with Crippen LogP contribution in [0.15, 0.2) is 42.5 Å². The lowest BCUT2D eigenvalue weighted by molar-refractivity contribution is 0.100. The summed E-state index contributed by atoms with van der Waals surface area (Å²) < 4.78 is 0. The van der Waals surface area contributed by atoms with Gasteiger partial charge in [-0.15, -0.1) is 0 Å². The van der Waals surface area contributed by atoms with Crippen LogP contribution in [0.1, 0.15) is 28.4 Å². The van der Waals surface area contributed by atoms with Gasteiger partial charge in [0.1, 0.15) is 0 Å². The fourth-order valence-electron chi connectivity index (χ4n) is 2.24. The second kappa shape index (κ2) is 6.31. The summed E-state index contributed by atoms with van der Waals surface area (Å²) in [5.74, 6) is -0.459. The van der Waals surface area contributed by atoms with E-state index >= 15 is 0 Å². The fraction of sp³-hybridized carbons (Fsp3) is 0.235. The number of hydrogen-bond donors (Lipinski definition) is 2. The molecular formula is C17H21N3O. The van der Waals surface area contributed by atoms with Gasteiger partial charge in [0.05, 0.1) is 0 Å². The second-order valence-corrected chi connectivity index (χ2v) is 5.13. The maximum atomic E-state index is 11.2. The zero-order chi connectivity index (χ0) is 15.4. The van der Waals surface area contributed by atoms with E-state index in [0.29, 0.717) is 17.8 Å². The summed E-state index contributed by atoms with van der Waals surface area (Å²) in [6.07, 6.45) is 0. The minimum absolute atomic E-state index is 0.439. The van der Waals surface area contributed by atoms with Crippen LogP contribution >= 0.6 is 0 Å². The average Bonchev–Trinajstić information content (AvgIpc) is 2.47. The minimum Gasteiger partial charge on any atom is -0.398 e. The summed E-state index contributed by atoms with van der Waals surface area (Å²) in [6, 6.07) is 13.6. The predicted octanol–water partition coefficient (Wildman–Crippen LogP) is 2.70. The molecule has 0 spiro atoms. The monoisotopic (exact) mass is 283 g/mol. The number of anilines is 2. The van der Waals surface area contributed by atoms with E-state index in [0.717, 1.165) is 17.8 Å². The van der Waals surface area contributed by atoms with Crippen LogP contribution in [0.5, 0.6) is 0 Å². The number of nitrogens with two attached hydrogens (primary N) is 2. The topological polar surface area (TPSA) is 72.3 Å². The summed E-state index contributed by atoms with van der Waals surface area (Å²) in [5, 5.41) is 0. The smallest absolute Gasteiger partial charge is 0.248 e. The number of rotatable bonds is 5. The Morgan fingerprint density at radius 3 is 2.33 bits per heavy atom. The Labute approximate surface area is 125 Å². The molecule has 0 saturated heterocycles. The lowest BCUT2D eigenvalue weighted by Gasteiger charge is -2.24. The largest absolute Gasteiger partial charge is 0.398 e. The number of primary amides is 1. The van der Waals surface area contributed by atoms with E-state index < -0.39 is 5.91 Å². The summed E-state index contributed by atoms with van der Waals surface area (Å²) in [7, 11) is 0. The molecular weight excluding hydrogens is 262 g/mol. The fourth-order valence-corrected chi connectivity index (χ4v) is 2.24. The van der Waals surface area contributed by atoms with Gasteiger partial charge in [0.25, 0.3) is 0 Å². The predicted molar refractivity (Wildman–Crippen MR) is 87.3 cm³/mol. The number of nitrogens with zero attached hydrogens (tertiary/aromatic N) is 1. The molecule has 0 aromatic heterocycles. The van der Waals surface area contributed by atoms with Crippen LogP contribution in [0.4, 0.5) is 11.4 Å². The number of carbonyl (C=O) groups is 1. The van der Waals surface area contributed by atoms with E-state index in [1.807, 2.05) is 6.07 Å². The molecule has 4 heteroatoms. The van der Waals surface area contributed by atoms with Crippen LogP contribution in [0.3, 0.4) is 0 Å². The van der Waals surface area contributed by atoms with Crippen molar-refractivity contribution in [3.05, 3.63) is 59.2 Å². The Hall–Kier alpha value is -2.49. The molecule has 1 amide bonds. The van der Waals surface area contributed by atoms with E-state index in [1.54, 1.807) is 12.1 Å². The van der Waals surface area contributed by atoms with Gasteiger partial charge in [-0.05, 0) is 43.7 Å². The molecule has 0 atom stereocenters. The minimum atomic E-state index is -0.459. The quantitative estimate of drug-likeness (QED) is 0.829. The number of nitrogen functional groups attached to an aromatic ring is 1. The van der Waals surface area contributed by atoms with Crippen molar-refractivity contribution in [2.45, 2.75) is 20.4 Å². The molecule has 2 aromatic carbocycles. The van der Waals surface area contributed by atoms with Crippen molar-refractivity contribution in [2.75, 3.05) is 17.2 Å². The normalized spacial score (nSPS) is 10.4. The number of benzene rings is 2. The van der Waals surface area contributed by atoms with Crippen LogP contribution in [-0.2, 0) is 6.54 Å². The summed E-state index contributed by atoms with van der Waals surface area (Å²) >= 11 is 0. The average molecular weight is 283 g/mol. The molecule has 110 valence electrons. The first kappa shape index (κ1) is 14.9. The molecule has 4 nitrogen and oxygen atoms in total. The maximum absolute atomic E-state index is 11.2. The lowest BCUT2D eigenvalue weighted by Crippen LogP contribution is -2.22. The molecule has 0 radical (unpaired) electrons. The SMILES string of the molecule is CCN(Cc1ccc(C(N)=O)cc1N)c1ccc(C)cc1. The highest BCUT2D eigenvalue weighted by molar-refractivity contribution is 5.93. The molecule has 0 aliphatic heterocycles. The second-order valence-electron chi connectivity index (χ2n) is 5.13. The van der Waals surface area contributed by atoms with Gasteiger partial charge in [-0.3, -0.25) is 4.79 Å². The third-order valence-corrected chi connectivity index (χ3v) is 3.57. The van der Waals surface area contributed by atoms with Crippen molar-refractivity contribution in [1.29, 1.82) is 0 Å². The van der Waals surface area contributed by atoms with Gasteiger partial charge in [-0.1, -0.05) is 23.8 Å². The molecule has 21 heavy (non-hydrogen) atoms. The maximum Gasteiger partial charge on any atom is 0.248 e. The first-order chi connectivity index (χ1) is 10.0. The molecule has 2 aromatic rings. The first-order valence-corrected chi connectivity index (χ1v) is 7.01. The zero-order valence-electron chi connectivity index (χ0n) is 12.5. The number of amides is 1. The Kier molecular flexibility index (Phi) is 4.48. The highest BCUT2D eigenvalue weighted by Gasteiger charge is 2.09. The molecule has 0 fully saturated rings. The van der Waals surface area contributed by atoms with Gasteiger partial charge < -0.3 is 16.4 Å². The van der Waals surface area contributed by atoms with E-state index in [2.05, 4.69) is 43.0 Å². The highest BCUT2D eigenvalue weighted by Crippen LogP contribution is 2.21. The van der Waals surface area contributed by atoms with Gasteiger partial charge >= 0.3 is 0 Å². The summed E-state index contributed by atoms with van der Waals surface area (Å²) in [6.45, 7) is 5.75. The third kappa shape index (κ3) is 3.54. The van der Waals surface area contributed by atoms with Gasteiger partial charge in [-0.2, -0.15) is 0 Å². The summed E-state index contributed by atoms with van der Waals surface area (Å²) in [4.78, 5) is 13.4. The van der Waals surface area contributed by atoms with Gasteiger partial charge in [0.15, 0.2) is 0 Å². The van der Waals surface area contributed by atoms with Crippen LogP contribution < -0.4 is 16.4 Å². The molecule has 4 N–H and O–H groups in total. The van der Waals surface area contributed by atoms with Crippen molar-refractivity contribution in [1.82, 2.24) is 0 Å². The molecule has 0 aliphatic carbocycles. The van der Waals surface area contributed by atoms with Gasteiger partial charge in [0, 0.05) is 30.0 Å². The van der Waals surface area contributed by atoms with Crippen LogP contribution in [0, 0.1) is 6.92 Å². The van der Waals surface area contributed by atoms with E-state index in [1.165, 1.54) is 5.56 Å². The highest BCUT2D eigenvalue weighted by atomic mass is 16.1. The lowest BCUT2D eigenvalue weighted by atomic mass is 10.1. The molecule has 0 unspecified atom stereocenters. The van der Waals surface area contributed by atoms with Crippen LogP contribution in [0.2, 0.25) is 0 Å². The first-order valence-electron chi connectivity index (χ1n) is 7.01. The molecule has 0 bridgehead atoms. The van der Waals surface area contributed by atoms with Crippen LogP contribution in [0.25, 0.3) is 0 Å². The van der Waals surface area contributed by atoms with E-state index in [9.17, 15) is 4.79 Å². The molecule has 0 aliphatic rings. The Morgan fingerprint density at radius 2 is 1.81 bits per heavy atom. The Balaban J connectivity index is 2.22. The van der Waals surface area contributed by atoms with Crippen molar-refractivity contribution in [3.63, 3.8) is 0 Å². The molecule has 2 rings (SSSR count). The zero-order valence-corrected chi connectivity index (χ0v) is 12.5. The number of hydrogen-bond acceptors (Lipinski definition) is 3. The van der Waals surface area contributed by atoms with Crippen molar-refractivity contribution < 1.29 is 4.79 Å². The molecule has 0 saturated carbocycles. The standard InChI is InChI=1S/C17H21N3O/c1-3-20(15-8-4-12(2)5-9-15)11-14-7-6-13(17(19)21)10-16(14)18/h4-10H,3,11,18H2,1-2H3,(H2,19,21). The summed E-state index contributed by atoms with van der Waals surface area (Å²) in [5.41, 5.74) is 15.7. The van der Waals surface area contributed by atoms with Crippen molar-refractivity contribution in [2.24, 2.45) is 5.73 Å². The third-order valence-electron chi connectivity index (χ3n) is 3.57. The van der Waals surface area contributed by atoms with E-state index in [-0.39, 0.29) is 0 Å². The Bertz CT molecular complexity index is 635. The van der Waals surface area contributed by atoms with E-state index in [4.69, 9.17) is 11.5 Å². The van der Waals surface area contributed by atoms with Crippen LogP contribution in [-0.4, -0.2) is 12.5 Å². The van der Waals surface area contributed by atoms with Crippen molar-refractivity contribution in [3.8, 4) is 0 Å². The molecule has 0 heterocycles.